The summed E-state index contributed by atoms with van der Waals surface area (Å²) < 4.78 is 0. The van der Waals surface area contributed by atoms with E-state index in [0.717, 1.165) is 11.1 Å². The van der Waals surface area contributed by atoms with Gasteiger partial charge in [0.15, 0.2) is 0 Å². The van der Waals surface area contributed by atoms with Gasteiger partial charge in [-0.3, -0.25) is 4.98 Å². The Morgan fingerprint density at radius 3 is 2.80 bits per heavy atom. The topological polar surface area (TPSA) is 75.6 Å². The lowest BCUT2D eigenvalue weighted by atomic mass is 10.0. The lowest BCUT2D eigenvalue weighted by molar-refractivity contribution is 1.29. The Morgan fingerprint density at radius 1 is 1.27 bits per heavy atom. The Hall–Kier alpha value is -2.41. The van der Waals surface area contributed by atoms with Crippen LogP contribution in [0.15, 0.2) is 36.8 Å². The molecule has 4 heteroatoms. The van der Waals surface area contributed by atoms with Crippen LogP contribution in [0.1, 0.15) is 5.56 Å². The molecular formula is C11H8N4. The molecule has 4 nitrogen and oxygen atoms in total. The molecule has 0 saturated heterocycles. The minimum absolute atomic E-state index is 0.249. The molecule has 0 fully saturated rings. The summed E-state index contributed by atoms with van der Waals surface area (Å²) in [6, 6.07) is 7.49. The number of nitrogen functional groups attached to an aromatic ring is 1. The highest BCUT2D eigenvalue weighted by Crippen LogP contribution is 2.24. The number of aromatic nitrogens is 2. The van der Waals surface area contributed by atoms with Gasteiger partial charge in [0.05, 0.1) is 0 Å². The minimum Gasteiger partial charge on any atom is -0.383 e. The maximum atomic E-state index is 8.97. The fourth-order valence-electron chi connectivity index (χ4n) is 1.36. The highest BCUT2D eigenvalue weighted by molar-refractivity contribution is 5.74. The zero-order chi connectivity index (χ0) is 10.7. The van der Waals surface area contributed by atoms with Gasteiger partial charge in [0.1, 0.15) is 17.5 Å². The molecule has 2 N–H and O–H groups in total. The molecule has 72 valence electrons. The van der Waals surface area contributed by atoms with E-state index in [1.165, 1.54) is 0 Å². The molecule has 0 unspecified atom stereocenters. The Bertz CT molecular complexity index is 514. The number of hydrogen-bond donors (Lipinski definition) is 1. The van der Waals surface area contributed by atoms with Crippen LogP contribution < -0.4 is 5.73 Å². The molecule has 0 bridgehead atoms. The van der Waals surface area contributed by atoms with E-state index in [-0.39, 0.29) is 5.82 Å². The molecule has 2 heterocycles. The van der Waals surface area contributed by atoms with Crippen molar-refractivity contribution in [3.8, 4) is 17.2 Å². The standard InChI is InChI=1S/C11H8N4/c12-6-10-9(3-5-15-11(10)13)8-2-1-4-14-7-8/h1-5,7H,(H2,13,15). The van der Waals surface area contributed by atoms with E-state index in [0.29, 0.717) is 5.56 Å². The normalized spacial score (nSPS) is 9.53. The number of pyridine rings is 2. The van der Waals surface area contributed by atoms with Crippen LogP contribution >= 0.6 is 0 Å². The maximum Gasteiger partial charge on any atom is 0.141 e. The van der Waals surface area contributed by atoms with Gasteiger partial charge in [0.2, 0.25) is 0 Å². The Kier molecular flexibility index (Phi) is 2.30. The van der Waals surface area contributed by atoms with Crippen molar-refractivity contribution >= 4 is 5.82 Å². The SMILES string of the molecule is N#Cc1c(-c2cccnc2)ccnc1N. The molecule has 2 rings (SSSR count). The van der Waals surface area contributed by atoms with Crippen LogP contribution in [-0.4, -0.2) is 9.97 Å². The summed E-state index contributed by atoms with van der Waals surface area (Å²) in [5, 5.41) is 8.97. The number of rotatable bonds is 1. The number of nitriles is 1. The summed E-state index contributed by atoms with van der Waals surface area (Å²) in [5.41, 5.74) is 7.64. The second-order valence-corrected chi connectivity index (χ2v) is 2.97. The van der Waals surface area contributed by atoms with Crippen molar-refractivity contribution in [2.45, 2.75) is 0 Å². The molecule has 0 saturated carbocycles. The number of nitrogens with two attached hydrogens (primary N) is 1. The van der Waals surface area contributed by atoms with Gasteiger partial charge in [-0.25, -0.2) is 4.98 Å². The number of hydrogen-bond acceptors (Lipinski definition) is 4. The fraction of sp³-hybridized carbons (Fsp3) is 0. The number of nitrogens with zero attached hydrogens (tertiary/aromatic N) is 3. The van der Waals surface area contributed by atoms with Crippen LogP contribution in [0.3, 0.4) is 0 Å². The fourth-order valence-corrected chi connectivity index (χ4v) is 1.36. The van der Waals surface area contributed by atoms with E-state index in [4.69, 9.17) is 11.0 Å². The van der Waals surface area contributed by atoms with Crippen LogP contribution in [-0.2, 0) is 0 Å². The molecule has 0 atom stereocenters. The molecule has 0 amide bonds. The van der Waals surface area contributed by atoms with E-state index in [2.05, 4.69) is 9.97 Å². The summed E-state index contributed by atoms with van der Waals surface area (Å²) in [4.78, 5) is 7.87. The van der Waals surface area contributed by atoms with E-state index >= 15 is 0 Å². The average molecular weight is 196 g/mol. The smallest absolute Gasteiger partial charge is 0.141 e. The predicted molar refractivity (Wildman–Crippen MR) is 56.6 cm³/mol. The second-order valence-electron chi connectivity index (χ2n) is 2.97. The van der Waals surface area contributed by atoms with Crippen LogP contribution in [0.4, 0.5) is 5.82 Å². The van der Waals surface area contributed by atoms with Gasteiger partial charge in [0, 0.05) is 29.7 Å². The van der Waals surface area contributed by atoms with E-state index in [9.17, 15) is 0 Å². The summed E-state index contributed by atoms with van der Waals surface area (Å²) in [6.07, 6.45) is 4.95. The molecule has 0 aliphatic carbocycles. The summed E-state index contributed by atoms with van der Waals surface area (Å²) in [6.45, 7) is 0. The third kappa shape index (κ3) is 1.63. The van der Waals surface area contributed by atoms with Crippen molar-refractivity contribution < 1.29 is 0 Å². The Morgan fingerprint density at radius 2 is 2.13 bits per heavy atom. The van der Waals surface area contributed by atoms with Gasteiger partial charge in [-0.2, -0.15) is 5.26 Å². The van der Waals surface area contributed by atoms with E-state index < -0.39 is 0 Å². The van der Waals surface area contributed by atoms with Gasteiger partial charge < -0.3 is 5.73 Å². The maximum absolute atomic E-state index is 8.97. The van der Waals surface area contributed by atoms with Crippen molar-refractivity contribution in [1.29, 1.82) is 5.26 Å². The Labute approximate surface area is 87.0 Å². The molecular weight excluding hydrogens is 188 g/mol. The monoisotopic (exact) mass is 196 g/mol. The summed E-state index contributed by atoms with van der Waals surface area (Å²) in [7, 11) is 0. The minimum atomic E-state index is 0.249. The first kappa shape index (κ1) is 9.16. The van der Waals surface area contributed by atoms with Crippen molar-refractivity contribution in [3.63, 3.8) is 0 Å². The quantitative estimate of drug-likeness (QED) is 0.751. The van der Waals surface area contributed by atoms with Gasteiger partial charge >= 0.3 is 0 Å². The van der Waals surface area contributed by atoms with E-state index in [1.807, 2.05) is 18.2 Å². The van der Waals surface area contributed by atoms with Gasteiger partial charge in [-0.1, -0.05) is 6.07 Å². The highest BCUT2D eigenvalue weighted by Gasteiger charge is 2.08. The molecule has 0 spiro atoms. The predicted octanol–water partition coefficient (Wildman–Crippen LogP) is 1.60. The van der Waals surface area contributed by atoms with Crippen molar-refractivity contribution in [2.75, 3.05) is 5.73 Å². The van der Waals surface area contributed by atoms with Crippen LogP contribution in [0.25, 0.3) is 11.1 Å². The molecule has 0 aliphatic rings. The van der Waals surface area contributed by atoms with Crippen LogP contribution in [0.5, 0.6) is 0 Å². The molecule has 0 aliphatic heterocycles. The number of anilines is 1. The zero-order valence-corrected chi connectivity index (χ0v) is 7.88. The van der Waals surface area contributed by atoms with Crippen molar-refractivity contribution in [2.24, 2.45) is 0 Å². The van der Waals surface area contributed by atoms with Crippen molar-refractivity contribution in [3.05, 3.63) is 42.4 Å². The average Bonchev–Trinajstić information content (AvgIpc) is 2.30. The second kappa shape index (κ2) is 3.76. The molecule has 0 radical (unpaired) electrons. The van der Waals surface area contributed by atoms with Crippen LogP contribution in [0.2, 0.25) is 0 Å². The highest BCUT2D eigenvalue weighted by atomic mass is 14.8. The first-order valence-corrected chi connectivity index (χ1v) is 4.38. The van der Waals surface area contributed by atoms with Crippen molar-refractivity contribution in [1.82, 2.24) is 9.97 Å². The first-order valence-electron chi connectivity index (χ1n) is 4.38. The lowest BCUT2D eigenvalue weighted by Gasteiger charge is -2.04. The molecule has 2 aromatic heterocycles. The largest absolute Gasteiger partial charge is 0.383 e. The summed E-state index contributed by atoms with van der Waals surface area (Å²) >= 11 is 0. The van der Waals surface area contributed by atoms with E-state index in [1.54, 1.807) is 24.7 Å². The molecule has 2 aromatic rings. The molecule has 0 aromatic carbocycles. The van der Waals surface area contributed by atoms with Gasteiger partial charge in [0.25, 0.3) is 0 Å². The zero-order valence-electron chi connectivity index (χ0n) is 7.88. The third-order valence-electron chi connectivity index (χ3n) is 2.06. The Balaban J connectivity index is 2.65. The molecule has 15 heavy (non-hydrogen) atoms. The lowest BCUT2D eigenvalue weighted by Crippen LogP contribution is -1.96. The van der Waals surface area contributed by atoms with Gasteiger partial charge in [-0.15, -0.1) is 0 Å². The van der Waals surface area contributed by atoms with Crippen LogP contribution in [0, 0.1) is 11.3 Å². The third-order valence-corrected chi connectivity index (χ3v) is 2.06. The first-order chi connectivity index (χ1) is 7.33. The summed E-state index contributed by atoms with van der Waals surface area (Å²) in [5.74, 6) is 0.249. The van der Waals surface area contributed by atoms with Gasteiger partial charge in [-0.05, 0) is 12.1 Å².